The summed E-state index contributed by atoms with van der Waals surface area (Å²) in [5.74, 6) is 0.525. The van der Waals surface area contributed by atoms with Crippen molar-refractivity contribution in [2.24, 2.45) is 0 Å². The molecule has 88 valence electrons. The van der Waals surface area contributed by atoms with Gasteiger partial charge in [-0.15, -0.1) is 0 Å². The molecule has 1 amide bonds. The van der Waals surface area contributed by atoms with Crippen molar-refractivity contribution < 1.29 is 9.53 Å². The lowest BCUT2D eigenvalue weighted by atomic mass is 10.2. The first kappa shape index (κ1) is 13.1. The number of rotatable bonds is 3. The second kappa shape index (κ2) is 5.41. The molecule has 0 saturated heterocycles. The lowest BCUT2D eigenvalue weighted by Gasteiger charge is -2.17. The first-order valence-corrected chi connectivity index (χ1v) is 5.45. The fraction of sp³-hybridized carbons (Fsp3) is 0.364. The summed E-state index contributed by atoms with van der Waals surface area (Å²) in [5.41, 5.74) is 0.790. The van der Waals surface area contributed by atoms with Crippen LogP contribution in [0.4, 0.5) is 0 Å². The van der Waals surface area contributed by atoms with E-state index in [0.29, 0.717) is 22.3 Å². The summed E-state index contributed by atoms with van der Waals surface area (Å²) in [6, 6.07) is 3.35. The van der Waals surface area contributed by atoms with Crippen LogP contribution in [0.3, 0.4) is 0 Å². The Morgan fingerprint density at radius 1 is 1.44 bits per heavy atom. The molecule has 0 aliphatic heterocycles. The molecule has 0 aliphatic carbocycles. The number of hydrogen-bond acceptors (Lipinski definition) is 2. The summed E-state index contributed by atoms with van der Waals surface area (Å²) in [7, 11) is 3.24. The van der Waals surface area contributed by atoms with E-state index in [2.05, 4.69) is 0 Å². The number of carbonyl (C=O) groups excluding carboxylic acids is 1. The van der Waals surface area contributed by atoms with Gasteiger partial charge in [0.1, 0.15) is 5.75 Å². The highest BCUT2D eigenvalue weighted by Crippen LogP contribution is 2.32. The average Bonchev–Trinajstić information content (AvgIpc) is 2.16. The second-order valence-electron chi connectivity index (χ2n) is 3.46. The van der Waals surface area contributed by atoms with Crippen molar-refractivity contribution in [1.29, 1.82) is 0 Å². The maximum Gasteiger partial charge on any atom is 0.219 e. The molecule has 0 N–H and O–H groups in total. The molecule has 16 heavy (non-hydrogen) atoms. The van der Waals surface area contributed by atoms with E-state index in [1.807, 2.05) is 0 Å². The van der Waals surface area contributed by atoms with Gasteiger partial charge in [0.2, 0.25) is 5.91 Å². The van der Waals surface area contributed by atoms with Crippen LogP contribution in [0.25, 0.3) is 0 Å². The molecule has 1 rings (SSSR count). The van der Waals surface area contributed by atoms with Crippen molar-refractivity contribution in [3.05, 3.63) is 27.7 Å². The van der Waals surface area contributed by atoms with Gasteiger partial charge in [-0.25, -0.2) is 0 Å². The minimum absolute atomic E-state index is 0.0295. The summed E-state index contributed by atoms with van der Waals surface area (Å²) in [4.78, 5) is 12.7. The molecule has 0 bridgehead atoms. The maximum absolute atomic E-state index is 11.1. The van der Waals surface area contributed by atoms with Crippen molar-refractivity contribution >= 4 is 29.1 Å². The van der Waals surface area contributed by atoms with Gasteiger partial charge in [0.25, 0.3) is 0 Å². The van der Waals surface area contributed by atoms with Crippen LogP contribution < -0.4 is 4.74 Å². The third-order valence-corrected chi connectivity index (χ3v) is 2.73. The molecule has 0 aromatic heterocycles. The number of nitrogens with zero attached hydrogens (tertiary/aromatic N) is 1. The summed E-state index contributed by atoms with van der Waals surface area (Å²) in [6.07, 6.45) is 0. The fourth-order valence-electron chi connectivity index (χ4n) is 1.33. The molecule has 0 aliphatic rings. The van der Waals surface area contributed by atoms with Crippen LogP contribution in [0.1, 0.15) is 12.5 Å². The quantitative estimate of drug-likeness (QED) is 0.838. The van der Waals surface area contributed by atoms with Gasteiger partial charge < -0.3 is 9.64 Å². The molecule has 0 spiro atoms. The molecule has 5 heteroatoms. The van der Waals surface area contributed by atoms with Gasteiger partial charge in [0.15, 0.2) is 0 Å². The zero-order valence-electron chi connectivity index (χ0n) is 9.38. The Hall–Kier alpha value is -0.930. The van der Waals surface area contributed by atoms with Crippen molar-refractivity contribution in [2.75, 3.05) is 14.2 Å². The first-order valence-electron chi connectivity index (χ1n) is 4.69. The Balaban J connectivity index is 3.07. The van der Waals surface area contributed by atoms with Gasteiger partial charge in [-0.2, -0.15) is 0 Å². The molecular formula is C11H13Cl2NO2. The van der Waals surface area contributed by atoms with Crippen LogP contribution >= 0.6 is 23.2 Å². The summed E-state index contributed by atoms with van der Waals surface area (Å²) in [6.45, 7) is 1.91. The molecule has 0 radical (unpaired) electrons. The van der Waals surface area contributed by atoms with Crippen molar-refractivity contribution in [3.63, 3.8) is 0 Å². The van der Waals surface area contributed by atoms with E-state index in [4.69, 9.17) is 27.9 Å². The normalized spacial score (nSPS) is 10.1. The lowest BCUT2D eigenvalue weighted by molar-refractivity contribution is -0.128. The van der Waals surface area contributed by atoms with Crippen LogP contribution in [0, 0.1) is 0 Å². The Morgan fingerprint density at radius 2 is 2.06 bits per heavy atom. The highest BCUT2D eigenvalue weighted by atomic mass is 35.5. The molecule has 3 nitrogen and oxygen atoms in total. The minimum atomic E-state index is -0.0295. The van der Waals surface area contributed by atoms with Crippen molar-refractivity contribution in [2.45, 2.75) is 13.5 Å². The van der Waals surface area contributed by atoms with E-state index in [9.17, 15) is 4.79 Å². The zero-order chi connectivity index (χ0) is 12.3. The standard InChI is InChI=1S/C11H13Cl2NO2/c1-7(15)14(2)6-8-4-9(12)5-10(13)11(8)16-3/h4-5H,6H2,1-3H3. The van der Waals surface area contributed by atoms with Crippen LogP contribution in [0.15, 0.2) is 12.1 Å². The molecule has 1 aromatic rings. The van der Waals surface area contributed by atoms with Crippen molar-refractivity contribution in [3.8, 4) is 5.75 Å². The highest BCUT2D eigenvalue weighted by molar-refractivity contribution is 6.35. The van der Waals surface area contributed by atoms with Crippen LogP contribution in [0.2, 0.25) is 10.0 Å². The SMILES string of the molecule is COc1c(Cl)cc(Cl)cc1CN(C)C(C)=O. The van der Waals surface area contributed by atoms with E-state index in [1.165, 1.54) is 14.0 Å². The van der Waals surface area contributed by atoms with Crippen LogP contribution in [-0.2, 0) is 11.3 Å². The summed E-state index contributed by atoms with van der Waals surface area (Å²) >= 11 is 11.9. The molecule has 0 heterocycles. The Bertz CT molecular complexity index is 407. The van der Waals surface area contributed by atoms with Crippen LogP contribution in [-0.4, -0.2) is 25.0 Å². The predicted octanol–water partition coefficient (Wildman–Crippen LogP) is 2.98. The lowest BCUT2D eigenvalue weighted by Crippen LogP contribution is -2.23. The number of amides is 1. The van der Waals surface area contributed by atoms with E-state index in [1.54, 1.807) is 24.1 Å². The Kier molecular flexibility index (Phi) is 4.44. The molecule has 0 fully saturated rings. The molecule has 0 unspecified atom stereocenters. The molecule has 1 aromatic carbocycles. The monoisotopic (exact) mass is 261 g/mol. The molecule has 0 atom stereocenters. The first-order chi connectivity index (χ1) is 7.45. The maximum atomic E-state index is 11.1. The number of hydrogen-bond donors (Lipinski definition) is 0. The van der Waals surface area contributed by atoms with E-state index < -0.39 is 0 Å². The third kappa shape index (κ3) is 3.03. The smallest absolute Gasteiger partial charge is 0.219 e. The number of ether oxygens (including phenoxy) is 1. The van der Waals surface area contributed by atoms with Gasteiger partial charge in [0.05, 0.1) is 12.1 Å². The van der Waals surface area contributed by atoms with Gasteiger partial charge in [0, 0.05) is 31.1 Å². The van der Waals surface area contributed by atoms with Gasteiger partial charge >= 0.3 is 0 Å². The topological polar surface area (TPSA) is 29.5 Å². The van der Waals surface area contributed by atoms with E-state index in [0.717, 1.165) is 5.56 Å². The third-order valence-electron chi connectivity index (χ3n) is 2.23. The average molecular weight is 262 g/mol. The van der Waals surface area contributed by atoms with E-state index >= 15 is 0 Å². The number of carbonyl (C=O) groups is 1. The summed E-state index contributed by atoms with van der Waals surface area (Å²) in [5, 5.41) is 0.972. The number of benzene rings is 1. The number of methoxy groups -OCH3 is 1. The summed E-state index contributed by atoms with van der Waals surface area (Å²) < 4.78 is 5.18. The Morgan fingerprint density at radius 3 is 2.56 bits per heavy atom. The fourth-order valence-corrected chi connectivity index (χ4v) is 1.94. The van der Waals surface area contributed by atoms with Gasteiger partial charge in [-0.1, -0.05) is 23.2 Å². The second-order valence-corrected chi connectivity index (χ2v) is 4.30. The van der Waals surface area contributed by atoms with Gasteiger partial charge in [-0.05, 0) is 12.1 Å². The Labute approximate surface area is 105 Å². The predicted molar refractivity (Wildman–Crippen MR) is 65.2 cm³/mol. The van der Waals surface area contributed by atoms with Crippen molar-refractivity contribution in [1.82, 2.24) is 4.90 Å². The highest BCUT2D eigenvalue weighted by Gasteiger charge is 2.12. The van der Waals surface area contributed by atoms with Crippen LogP contribution in [0.5, 0.6) is 5.75 Å². The van der Waals surface area contributed by atoms with Gasteiger partial charge in [-0.3, -0.25) is 4.79 Å². The minimum Gasteiger partial charge on any atom is -0.495 e. The zero-order valence-corrected chi connectivity index (χ0v) is 10.9. The number of halogens is 2. The molecule has 0 saturated carbocycles. The largest absolute Gasteiger partial charge is 0.495 e. The molecular weight excluding hydrogens is 249 g/mol. The van der Waals surface area contributed by atoms with E-state index in [-0.39, 0.29) is 5.91 Å².